The molecule has 1 saturated carbocycles. The van der Waals surface area contributed by atoms with E-state index in [1.165, 1.54) is 32.1 Å². The molecule has 1 aromatic heterocycles. The molecular formula is C15H18N4O. The van der Waals surface area contributed by atoms with Crippen molar-refractivity contribution >= 4 is 0 Å². The lowest BCUT2D eigenvalue weighted by atomic mass is 9.93. The van der Waals surface area contributed by atoms with E-state index in [2.05, 4.69) is 15.0 Å². The highest BCUT2D eigenvalue weighted by atomic mass is 16.5. The summed E-state index contributed by atoms with van der Waals surface area (Å²) in [6.45, 7) is 1.99. The molecule has 2 aromatic rings. The van der Waals surface area contributed by atoms with Gasteiger partial charge in [-0.1, -0.05) is 12.5 Å². The SMILES string of the molecule is c1cc(OCC2CN2C2CCC2)cc(-n2cncn2)c1. The highest BCUT2D eigenvalue weighted by molar-refractivity contribution is 5.38. The van der Waals surface area contributed by atoms with Crippen LogP contribution in [0.5, 0.6) is 5.75 Å². The Balaban J connectivity index is 1.36. The second-order valence-corrected chi connectivity index (χ2v) is 5.58. The van der Waals surface area contributed by atoms with E-state index in [0.29, 0.717) is 6.04 Å². The minimum absolute atomic E-state index is 0.621. The van der Waals surface area contributed by atoms with E-state index in [-0.39, 0.29) is 0 Å². The molecule has 1 saturated heterocycles. The van der Waals surface area contributed by atoms with Crippen LogP contribution in [0, 0.1) is 0 Å². The smallest absolute Gasteiger partial charge is 0.138 e. The molecule has 4 rings (SSSR count). The van der Waals surface area contributed by atoms with Crippen molar-refractivity contribution in [2.45, 2.75) is 31.3 Å². The lowest BCUT2D eigenvalue weighted by molar-refractivity contribution is 0.215. The maximum absolute atomic E-state index is 5.91. The molecule has 0 N–H and O–H groups in total. The monoisotopic (exact) mass is 270 g/mol. The fourth-order valence-electron chi connectivity index (χ4n) is 2.76. The molecule has 2 aliphatic rings. The summed E-state index contributed by atoms with van der Waals surface area (Å²) in [7, 11) is 0. The van der Waals surface area contributed by atoms with Gasteiger partial charge in [0.05, 0.1) is 11.7 Å². The van der Waals surface area contributed by atoms with Gasteiger partial charge >= 0.3 is 0 Å². The highest BCUT2D eigenvalue weighted by Crippen LogP contribution is 2.33. The van der Waals surface area contributed by atoms with E-state index in [0.717, 1.165) is 24.1 Å². The zero-order valence-electron chi connectivity index (χ0n) is 11.4. The van der Waals surface area contributed by atoms with Crippen LogP contribution in [0.2, 0.25) is 0 Å². The first-order chi connectivity index (χ1) is 9.90. The van der Waals surface area contributed by atoms with Crippen LogP contribution in [0.15, 0.2) is 36.9 Å². The summed E-state index contributed by atoms with van der Waals surface area (Å²) < 4.78 is 7.66. The Hall–Kier alpha value is -1.88. The maximum Gasteiger partial charge on any atom is 0.138 e. The van der Waals surface area contributed by atoms with Gasteiger partial charge in [0.2, 0.25) is 0 Å². The van der Waals surface area contributed by atoms with Crippen molar-refractivity contribution in [1.82, 2.24) is 19.7 Å². The Morgan fingerprint density at radius 2 is 2.25 bits per heavy atom. The van der Waals surface area contributed by atoms with Crippen LogP contribution >= 0.6 is 0 Å². The van der Waals surface area contributed by atoms with Crippen molar-refractivity contribution in [2.24, 2.45) is 0 Å². The summed E-state index contributed by atoms with van der Waals surface area (Å²) in [5.41, 5.74) is 0.978. The van der Waals surface area contributed by atoms with Gasteiger partial charge in [0.15, 0.2) is 0 Å². The molecule has 2 atom stereocenters. The van der Waals surface area contributed by atoms with Crippen molar-refractivity contribution in [3.05, 3.63) is 36.9 Å². The Bertz CT molecular complexity index is 579. The third-order valence-corrected chi connectivity index (χ3v) is 4.24. The van der Waals surface area contributed by atoms with Crippen LogP contribution in [-0.4, -0.2) is 44.9 Å². The first kappa shape index (κ1) is 11.9. The molecule has 0 spiro atoms. The summed E-state index contributed by atoms with van der Waals surface area (Å²) in [6.07, 6.45) is 7.37. The lowest BCUT2D eigenvalue weighted by Crippen LogP contribution is -2.29. The van der Waals surface area contributed by atoms with Gasteiger partial charge in [-0.15, -0.1) is 0 Å². The lowest BCUT2D eigenvalue weighted by Gasteiger charge is -2.27. The standard InChI is InChI=1S/C15H18N4O/c1-3-12(4-1)18-8-14(18)9-20-15-6-2-5-13(7-15)19-11-16-10-17-19/h2,5-7,10-12,14H,1,3-4,8-9H2. The predicted molar refractivity (Wildman–Crippen MR) is 75.0 cm³/mol. The zero-order chi connectivity index (χ0) is 13.4. The van der Waals surface area contributed by atoms with Crippen molar-refractivity contribution in [2.75, 3.05) is 13.2 Å². The molecule has 0 amide bonds. The van der Waals surface area contributed by atoms with Gasteiger partial charge in [-0.3, -0.25) is 4.90 Å². The van der Waals surface area contributed by atoms with Gasteiger partial charge in [-0.25, -0.2) is 9.67 Å². The highest BCUT2D eigenvalue weighted by Gasteiger charge is 2.42. The van der Waals surface area contributed by atoms with Gasteiger partial charge in [0.25, 0.3) is 0 Å². The van der Waals surface area contributed by atoms with E-state index >= 15 is 0 Å². The second kappa shape index (κ2) is 4.90. The zero-order valence-corrected chi connectivity index (χ0v) is 11.4. The summed E-state index contributed by atoms with van der Waals surface area (Å²) >= 11 is 0. The van der Waals surface area contributed by atoms with Crippen LogP contribution in [0.1, 0.15) is 19.3 Å². The molecule has 5 nitrogen and oxygen atoms in total. The van der Waals surface area contributed by atoms with Gasteiger partial charge < -0.3 is 4.74 Å². The van der Waals surface area contributed by atoms with Gasteiger partial charge in [-0.05, 0) is 25.0 Å². The Morgan fingerprint density at radius 1 is 1.30 bits per heavy atom. The van der Waals surface area contributed by atoms with Gasteiger partial charge in [0.1, 0.15) is 25.0 Å². The van der Waals surface area contributed by atoms with Crippen LogP contribution in [0.25, 0.3) is 5.69 Å². The molecule has 1 aliphatic carbocycles. The minimum atomic E-state index is 0.621. The number of hydrogen-bond donors (Lipinski definition) is 0. The molecule has 20 heavy (non-hydrogen) atoms. The van der Waals surface area contributed by atoms with Crippen LogP contribution in [0.3, 0.4) is 0 Å². The normalized spacial score (nSPS) is 25.2. The molecule has 5 heteroatoms. The van der Waals surface area contributed by atoms with E-state index in [4.69, 9.17) is 4.74 Å². The van der Waals surface area contributed by atoms with E-state index in [1.54, 1.807) is 11.0 Å². The van der Waals surface area contributed by atoms with Crippen molar-refractivity contribution < 1.29 is 4.74 Å². The summed E-state index contributed by atoms with van der Waals surface area (Å²) in [5, 5.41) is 4.13. The third-order valence-electron chi connectivity index (χ3n) is 4.24. The molecule has 104 valence electrons. The summed E-state index contributed by atoms with van der Waals surface area (Å²) in [4.78, 5) is 6.52. The molecule has 1 aliphatic heterocycles. The summed E-state index contributed by atoms with van der Waals surface area (Å²) in [5.74, 6) is 0.901. The van der Waals surface area contributed by atoms with Crippen LogP contribution < -0.4 is 4.74 Å². The minimum Gasteiger partial charge on any atom is -0.492 e. The van der Waals surface area contributed by atoms with Crippen LogP contribution in [0.4, 0.5) is 0 Å². The number of ether oxygens (including phenoxy) is 1. The van der Waals surface area contributed by atoms with Gasteiger partial charge in [0, 0.05) is 18.7 Å². The van der Waals surface area contributed by atoms with Crippen molar-refractivity contribution in [3.63, 3.8) is 0 Å². The fraction of sp³-hybridized carbons (Fsp3) is 0.467. The number of rotatable bonds is 5. The molecule has 2 heterocycles. The Labute approximate surface area is 118 Å². The average Bonchev–Trinajstić information content (AvgIpc) is 2.95. The topological polar surface area (TPSA) is 43.0 Å². The molecule has 2 unspecified atom stereocenters. The van der Waals surface area contributed by atoms with Crippen LogP contribution in [-0.2, 0) is 0 Å². The molecule has 0 radical (unpaired) electrons. The Kier molecular flexibility index (Phi) is 2.92. The predicted octanol–water partition coefficient (Wildman–Crippen LogP) is 1.88. The number of aromatic nitrogens is 3. The second-order valence-electron chi connectivity index (χ2n) is 5.58. The quantitative estimate of drug-likeness (QED) is 0.778. The molecule has 2 fully saturated rings. The average molecular weight is 270 g/mol. The number of benzene rings is 1. The van der Waals surface area contributed by atoms with E-state index in [9.17, 15) is 0 Å². The first-order valence-corrected chi connectivity index (χ1v) is 7.24. The van der Waals surface area contributed by atoms with Gasteiger partial charge in [-0.2, -0.15) is 5.10 Å². The maximum atomic E-state index is 5.91. The first-order valence-electron chi connectivity index (χ1n) is 7.24. The van der Waals surface area contributed by atoms with Crippen molar-refractivity contribution in [3.8, 4) is 11.4 Å². The Morgan fingerprint density at radius 3 is 3.00 bits per heavy atom. The third kappa shape index (κ3) is 2.29. The molecular weight excluding hydrogens is 252 g/mol. The largest absolute Gasteiger partial charge is 0.492 e. The van der Waals surface area contributed by atoms with E-state index < -0.39 is 0 Å². The van der Waals surface area contributed by atoms with Crippen molar-refractivity contribution in [1.29, 1.82) is 0 Å². The number of nitrogens with zero attached hydrogens (tertiary/aromatic N) is 4. The number of hydrogen-bond acceptors (Lipinski definition) is 4. The summed E-state index contributed by atoms with van der Waals surface area (Å²) in [6, 6.07) is 9.45. The van der Waals surface area contributed by atoms with E-state index in [1.807, 2.05) is 24.3 Å². The molecule has 0 bridgehead atoms. The fourth-order valence-corrected chi connectivity index (χ4v) is 2.76. The molecule has 1 aromatic carbocycles.